The maximum absolute atomic E-state index is 8.60. The number of ether oxygens (including phenoxy) is 1. The van der Waals surface area contributed by atoms with Gasteiger partial charge in [-0.2, -0.15) is 0 Å². The Kier molecular flexibility index (Phi) is 5.15. The molecule has 0 amide bonds. The lowest BCUT2D eigenvalue weighted by molar-refractivity contribution is 0.233. The minimum absolute atomic E-state index is 0.108. The zero-order valence-corrected chi connectivity index (χ0v) is 9.15. The van der Waals surface area contributed by atoms with Crippen molar-refractivity contribution in [1.29, 1.82) is 0 Å². The van der Waals surface area contributed by atoms with Gasteiger partial charge < -0.3 is 15.6 Å². The van der Waals surface area contributed by atoms with E-state index in [4.69, 9.17) is 15.6 Å². The van der Waals surface area contributed by atoms with E-state index < -0.39 is 0 Å². The van der Waals surface area contributed by atoms with Crippen molar-refractivity contribution in [1.82, 2.24) is 0 Å². The van der Waals surface area contributed by atoms with E-state index in [0.717, 1.165) is 17.7 Å². The molecule has 1 rings (SSSR count). The molecule has 84 valence electrons. The summed E-state index contributed by atoms with van der Waals surface area (Å²) in [5.41, 5.74) is 7.02. The van der Waals surface area contributed by atoms with Gasteiger partial charge in [-0.25, -0.2) is 0 Å². The number of rotatable bonds is 6. The number of aliphatic hydroxyl groups is 1. The van der Waals surface area contributed by atoms with Crippen molar-refractivity contribution in [3.63, 3.8) is 0 Å². The highest BCUT2D eigenvalue weighted by molar-refractivity contribution is 5.28. The number of aliphatic hydroxyl groups excluding tert-OH is 1. The predicted molar refractivity (Wildman–Crippen MR) is 60.9 cm³/mol. The lowest BCUT2D eigenvalue weighted by Crippen LogP contribution is -2.08. The van der Waals surface area contributed by atoms with Crippen LogP contribution in [0.2, 0.25) is 0 Å². The second kappa shape index (κ2) is 6.43. The van der Waals surface area contributed by atoms with Crippen LogP contribution in [-0.2, 0) is 0 Å². The molecule has 15 heavy (non-hydrogen) atoms. The second-order valence-electron chi connectivity index (χ2n) is 3.51. The van der Waals surface area contributed by atoms with Crippen molar-refractivity contribution in [3.05, 3.63) is 29.8 Å². The van der Waals surface area contributed by atoms with E-state index in [1.165, 1.54) is 0 Å². The van der Waals surface area contributed by atoms with Crippen LogP contribution in [0, 0.1) is 0 Å². The minimum atomic E-state index is 0.108. The Hall–Kier alpha value is -1.06. The Morgan fingerprint density at radius 2 is 2.00 bits per heavy atom. The average molecular weight is 209 g/mol. The van der Waals surface area contributed by atoms with Crippen LogP contribution in [0.3, 0.4) is 0 Å². The molecule has 3 heteroatoms. The molecule has 0 saturated heterocycles. The number of nitrogens with two attached hydrogens (primary N) is 1. The normalized spacial score (nSPS) is 12.5. The van der Waals surface area contributed by atoms with Crippen LogP contribution in [0.15, 0.2) is 24.3 Å². The number of hydrogen-bond donors (Lipinski definition) is 2. The van der Waals surface area contributed by atoms with E-state index in [0.29, 0.717) is 13.0 Å². The van der Waals surface area contributed by atoms with Crippen LogP contribution in [0.4, 0.5) is 0 Å². The molecule has 0 aromatic heterocycles. The van der Waals surface area contributed by atoms with Crippen molar-refractivity contribution >= 4 is 0 Å². The van der Waals surface area contributed by atoms with E-state index in [-0.39, 0.29) is 12.6 Å². The van der Waals surface area contributed by atoms with Gasteiger partial charge in [0.15, 0.2) is 0 Å². The molecular formula is C12H19NO2. The van der Waals surface area contributed by atoms with Gasteiger partial charge in [0.2, 0.25) is 0 Å². The van der Waals surface area contributed by atoms with Gasteiger partial charge in [-0.1, -0.05) is 19.1 Å². The lowest BCUT2D eigenvalue weighted by Gasteiger charge is -2.10. The summed E-state index contributed by atoms with van der Waals surface area (Å²) < 4.78 is 5.41. The van der Waals surface area contributed by atoms with Gasteiger partial charge in [-0.15, -0.1) is 0 Å². The summed E-state index contributed by atoms with van der Waals surface area (Å²) in [7, 11) is 0. The molecular weight excluding hydrogens is 190 g/mol. The van der Waals surface area contributed by atoms with Gasteiger partial charge in [0.05, 0.1) is 6.61 Å². The topological polar surface area (TPSA) is 55.5 Å². The highest BCUT2D eigenvalue weighted by Crippen LogP contribution is 2.18. The van der Waals surface area contributed by atoms with Crippen molar-refractivity contribution in [2.24, 2.45) is 5.73 Å². The first-order chi connectivity index (χ1) is 7.27. The fourth-order valence-corrected chi connectivity index (χ4v) is 1.30. The molecule has 0 aliphatic heterocycles. The van der Waals surface area contributed by atoms with E-state index >= 15 is 0 Å². The van der Waals surface area contributed by atoms with Crippen molar-refractivity contribution in [2.45, 2.75) is 25.8 Å². The first-order valence-corrected chi connectivity index (χ1v) is 5.37. The summed E-state index contributed by atoms with van der Waals surface area (Å²) >= 11 is 0. The van der Waals surface area contributed by atoms with Crippen LogP contribution in [-0.4, -0.2) is 18.3 Å². The largest absolute Gasteiger partial charge is 0.494 e. The van der Waals surface area contributed by atoms with E-state index in [9.17, 15) is 0 Å². The Bertz CT molecular complexity index is 271. The Balaban J connectivity index is 2.49. The zero-order valence-electron chi connectivity index (χ0n) is 9.15. The smallest absolute Gasteiger partial charge is 0.119 e. The maximum atomic E-state index is 8.60. The molecule has 0 unspecified atom stereocenters. The Labute approximate surface area is 90.9 Å². The molecule has 1 atom stereocenters. The average Bonchev–Trinajstić information content (AvgIpc) is 2.29. The summed E-state index contributed by atoms with van der Waals surface area (Å²) in [6.45, 7) is 2.78. The summed E-state index contributed by atoms with van der Waals surface area (Å²) in [6, 6.07) is 7.92. The predicted octanol–water partition coefficient (Wildman–Crippen LogP) is 1.86. The van der Waals surface area contributed by atoms with Crippen molar-refractivity contribution in [3.8, 4) is 5.75 Å². The third-order valence-electron chi connectivity index (χ3n) is 2.32. The van der Waals surface area contributed by atoms with Crippen molar-refractivity contribution in [2.75, 3.05) is 13.2 Å². The minimum Gasteiger partial charge on any atom is -0.494 e. The van der Waals surface area contributed by atoms with Gasteiger partial charge >= 0.3 is 0 Å². The summed E-state index contributed by atoms with van der Waals surface area (Å²) in [4.78, 5) is 0. The molecule has 0 fully saturated rings. The summed E-state index contributed by atoms with van der Waals surface area (Å²) in [5.74, 6) is 0.829. The lowest BCUT2D eigenvalue weighted by atomic mass is 10.1. The SMILES string of the molecule is CC[C@@H](N)c1ccc(OCCCO)cc1. The monoisotopic (exact) mass is 209 g/mol. The van der Waals surface area contributed by atoms with E-state index in [2.05, 4.69) is 6.92 Å². The molecule has 1 aromatic carbocycles. The van der Waals surface area contributed by atoms with E-state index in [1.54, 1.807) is 0 Å². The molecule has 0 heterocycles. The zero-order chi connectivity index (χ0) is 11.1. The fourth-order valence-electron chi connectivity index (χ4n) is 1.30. The Morgan fingerprint density at radius 3 is 2.53 bits per heavy atom. The fraction of sp³-hybridized carbons (Fsp3) is 0.500. The summed E-state index contributed by atoms with van der Waals surface area (Å²) in [6.07, 6.45) is 1.60. The quantitative estimate of drug-likeness (QED) is 0.703. The third-order valence-corrected chi connectivity index (χ3v) is 2.32. The van der Waals surface area contributed by atoms with Gasteiger partial charge in [0, 0.05) is 19.1 Å². The molecule has 0 aliphatic rings. The molecule has 0 bridgehead atoms. The first kappa shape index (κ1) is 12.0. The maximum Gasteiger partial charge on any atom is 0.119 e. The highest BCUT2D eigenvalue weighted by atomic mass is 16.5. The van der Waals surface area contributed by atoms with Crippen molar-refractivity contribution < 1.29 is 9.84 Å². The van der Waals surface area contributed by atoms with Crippen LogP contribution in [0.1, 0.15) is 31.4 Å². The van der Waals surface area contributed by atoms with Gasteiger partial charge in [-0.05, 0) is 24.1 Å². The number of hydrogen-bond acceptors (Lipinski definition) is 3. The van der Waals surface area contributed by atoms with Crippen LogP contribution in [0.5, 0.6) is 5.75 Å². The van der Waals surface area contributed by atoms with Crippen LogP contribution < -0.4 is 10.5 Å². The molecule has 0 radical (unpaired) electrons. The Morgan fingerprint density at radius 1 is 1.33 bits per heavy atom. The molecule has 0 saturated carbocycles. The number of benzene rings is 1. The third kappa shape index (κ3) is 3.90. The molecule has 0 spiro atoms. The first-order valence-electron chi connectivity index (χ1n) is 5.37. The molecule has 3 nitrogen and oxygen atoms in total. The van der Waals surface area contributed by atoms with E-state index in [1.807, 2.05) is 24.3 Å². The van der Waals surface area contributed by atoms with Gasteiger partial charge in [0.1, 0.15) is 5.75 Å². The van der Waals surface area contributed by atoms with Crippen LogP contribution >= 0.6 is 0 Å². The summed E-state index contributed by atoms with van der Waals surface area (Å²) in [5, 5.41) is 8.60. The standard InChI is InChI=1S/C12H19NO2/c1-2-12(13)10-4-6-11(7-5-10)15-9-3-8-14/h4-7,12,14H,2-3,8-9,13H2,1H3/t12-/m1/s1. The second-order valence-corrected chi connectivity index (χ2v) is 3.51. The molecule has 0 aliphatic carbocycles. The highest BCUT2D eigenvalue weighted by Gasteiger charge is 2.02. The van der Waals surface area contributed by atoms with Crippen LogP contribution in [0.25, 0.3) is 0 Å². The molecule has 1 aromatic rings. The molecule has 3 N–H and O–H groups in total. The van der Waals surface area contributed by atoms with Gasteiger partial charge in [-0.3, -0.25) is 0 Å². The van der Waals surface area contributed by atoms with Gasteiger partial charge in [0.25, 0.3) is 0 Å².